The molecular formula is C19H14N2. The fourth-order valence-electron chi connectivity index (χ4n) is 2.46. The maximum absolute atomic E-state index is 9.11. The minimum absolute atomic E-state index is 0.484. The molecular weight excluding hydrogens is 256 g/mol. The molecule has 0 saturated heterocycles. The van der Waals surface area contributed by atoms with Gasteiger partial charge >= 0.3 is 0 Å². The number of nitrogens with zero attached hydrogens (tertiary/aromatic N) is 2. The van der Waals surface area contributed by atoms with Crippen molar-refractivity contribution in [3.05, 3.63) is 78.1 Å². The van der Waals surface area contributed by atoms with Gasteiger partial charge in [0.05, 0.1) is 0 Å². The summed E-state index contributed by atoms with van der Waals surface area (Å²) < 4.78 is 0. The Bertz CT molecular complexity index is 814. The van der Waals surface area contributed by atoms with E-state index in [4.69, 9.17) is 5.26 Å². The van der Waals surface area contributed by atoms with E-state index in [0.717, 1.165) is 16.7 Å². The summed E-state index contributed by atoms with van der Waals surface area (Å²) in [6, 6.07) is 22.7. The molecule has 0 radical (unpaired) electrons. The van der Waals surface area contributed by atoms with Crippen LogP contribution in [0.2, 0.25) is 0 Å². The Kier molecular flexibility index (Phi) is 3.49. The van der Waals surface area contributed by atoms with Crippen LogP contribution in [-0.2, 0) is 0 Å². The van der Waals surface area contributed by atoms with E-state index >= 15 is 0 Å². The van der Waals surface area contributed by atoms with Gasteiger partial charge in [-0.3, -0.25) is 0 Å². The molecule has 0 saturated carbocycles. The Morgan fingerprint density at radius 2 is 1.57 bits per heavy atom. The van der Waals surface area contributed by atoms with Crippen molar-refractivity contribution >= 4 is 0 Å². The molecule has 0 amide bonds. The monoisotopic (exact) mass is 270 g/mol. The highest BCUT2D eigenvalue weighted by Gasteiger charge is 2.08. The summed E-state index contributed by atoms with van der Waals surface area (Å²) in [5, 5.41) is 9.11. The average molecular weight is 270 g/mol. The third-order valence-electron chi connectivity index (χ3n) is 3.59. The molecule has 2 nitrogen and oxygen atoms in total. The molecule has 1 aromatic heterocycles. The minimum atomic E-state index is 0.484. The number of rotatable bonds is 2. The molecule has 100 valence electrons. The summed E-state index contributed by atoms with van der Waals surface area (Å²) in [7, 11) is 0. The van der Waals surface area contributed by atoms with Crippen molar-refractivity contribution in [3.63, 3.8) is 0 Å². The van der Waals surface area contributed by atoms with Crippen LogP contribution in [0.25, 0.3) is 22.3 Å². The predicted octanol–water partition coefficient (Wildman–Crippen LogP) is 4.60. The van der Waals surface area contributed by atoms with Gasteiger partial charge < -0.3 is 0 Å². The van der Waals surface area contributed by atoms with Gasteiger partial charge in [-0.25, -0.2) is 4.98 Å². The minimum Gasteiger partial charge on any atom is -0.245 e. The fraction of sp³-hybridized carbons (Fsp3) is 0.0526. The quantitative estimate of drug-likeness (QED) is 0.682. The lowest BCUT2D eigenvalue weighted by molar-refractivity contribution is 1.21. The number of hydrogen-bond donors (Lipinski definition) is 0. The highest BCUT2D eigenvalue weighted by molar-refractivity contribution is 5.75. The predicted molar refractivity (Wildman–Crippen MR) is 84.6 cm³/mol. The maximum Gasteiger partial charge on any atom is 0.143 e. The highest BCUT2D eigenvalue weighted by atomic mass is 14.7. The Morgan fingerprint density at radius 3 is 2.33 bits per heavy atom. The van der Waals surface area contributed by atoms with E-state index < -0.39 is 0 Å². The molecule has 21 heavy (non-hydrogen) atoms. The number of pyridine rings is 1. The highest BCUT2D eigenvalue weighted by Crippen LogP contribution is 2.28. The topological polar surface area (TPSA) is 36.7 Å². The van der Waals surface area contributed by atoms with E-state index in [1.165, 1.54) is 11.1 Å². The second-order valence-electron chi connectivity index (χ2n) is 4.89. The third-order valence-corrected chi connectivity index (χ3v) is 3.59. The Morgan fingerprint density at radius 1 is 0.857 bits per heavy atom. The molecule has 0 aliphatic rings. The number of aromatic nitrogens is 1. The van der Waals surface area contributed by atoms with E-state index in [-0.39, 0.29) is 0 Å². The van der Waals surface area contributed by atoms with Gasteiger partial charge in [-0.1, -0.05) is 48.5 Å². The zero-order valence-corrected chi connectivity index (χ0v) is 11.7. The summed E-state index contributed by atoms with van der Waals surface area (Å²) in [6.07, 6.45) is 1.69. The van der Waals surface area contributed by atoms with Crippen LogP contribution in [0.15, 0.2) is 66.9 Å². The number of benzene rings is 2. The van der Waals surface area contributed by atoms with Crippen molar-refractivity contribution < 1.29 is 0 Å². The molecule has 0 atom stereocenters. The average Bonchev–Trinajstić information content (AvgIpc) is 2.56. The normalized spacial score (nSPS) is 10.1. The van der Waals surface area contributed by atoms with Crippen molar-refractivity contribution in [3.8, 4) is 28.3 Å². The van der Waals surface area contributed by atoms with Crippen molar-refractivity contribution in [1.82, 2.24) is 4.98 Å². The van der Waals surface area contributed by atoms with E-state index in [1.807, 2.05) is 37.3 Å². The third kappa shape index (κ3) is 2.54. The molecule has 0 N–H and O–H groups in total. The lowest BCUT2D eigenvalue weighted by Gasteiger charge is -2.09. The van der Waals surface area contributed by atoms with Crippen LogP contribution in [0.5, 0.6) is 0 Å². The molecule has 0 spiro atoms. The van der Waals surface area contributed by atoms with Crippen molar-refractivity contribution in [1.29, 1.82) is 5.26 Å². The first kappa shape index (κ1) is 13.1. The zero-order chi connectivity index (χ0) is 14.7. The van der Waals surface area contributed by atoms with Gasteiger partial charge in [-0.2, -0.15) is 5.26 Å². The summed E-state index contributed by atoms with van der Waals surface area (Å²) in [5.74, 6) is 0. The van der Waals surface area contributed by atoms with E-state index in [0.29, 0.717) is 5.69 Å². The summed E-state index contributed by atoms with van der Waals surface area (Å²) in [6.45, 7) is 1.94. The fourth-order valence-corrected chi connectivity index (χ4v) is 2.46. The van der Waals surface area contributed by atoms with Crippen molar-refractivity contribution in [2.24, 2.45) is 0 Å². The van der Waals surface area contributed by atoms with Crippen LogP contribution in [0, 0.1) is 18.3 Å². The van der Waals surface area contributed by atoms with E-state index in [9.17, 15) is 0 Å². The van der Waals surface area contributed by atoms with Gasteiger partial charge in [-0.05, 0) is 46.9 Å². The van der Waals surface area contributed by atoms with Gasteiger partial charge in [0.2, 0.25) is 0 Å². The van der Waals surface area contributed by atoms with Crippen LogP contribution in [0.4, 0.5) is 0 Å². The Labute approximate surface area is 124 Å². The molecule has 2 aromatic carbocycles. The summed E-state index contributed by atoms with van der Waals surface area (Å²) in [4.78, 5) is 4.10. The van der Waals surface area contributed by atoms with Gasteiger partial charge in [-0.15, -0.1) is 0 Å². The van der Waals surface area contributed by atoms with Crippen molar-refractivity contribution in [2.75, 3.05) is 0 Å². The molecule has 0 aliphatic heterocycles. The first-order chi connectivity index (χ1) is 10.3. The van der Waals surface area contributed by atoms with Crippen LogP contribution >= 0.6 is 0 Å². The molecule has 0 unspecified atom stereocenters. The first-order valence-corrected chi connectivity index (χ1v) is 6.81. The Balaban J connectivity index is 2.11. The SMILES string of the molecule is Cc1c(-c2cccc(-c3ccccc3)c2)ccnc1C#N. The van der Waals surface area contributed by atoms with Crippen molar-refractivity contribution in [2.45, 2.75) is 6.92 Å². The van der Waals surface area contributed by atoms with Crippen LogP contribution < -0.4 is 0 Å². The van der Waals surface area contributed by atoms with Crippen LogP contribution in [0.3, 0.4) is 0 Å². The zero-order valence-electron chi connectivity index (χ0n) is 11.7. The lowest BCUT2D eigenvalue weighted by Crippen LogP contribution is -1.91. The molecule has 3 rings (SSSR count). The molecule has 1 heterocycles. The van der Waals surface area contributed by atoms with Crippen LogP contribution in [-0.4, -0.2) is 4.98 Å². The number of hydrogen-bond acceptors (Lipinski definition) is 2. The second kappa shape index (κ2) is 5.60. The van der Waals surface area contributed by atoms with E-state index in [2.05, 4.69) is 41.4 Å². The summed E-state index contributed by atoms with van der Waals surface area (Å²) in [5.41, 5.74) is 5.92. The van der Waals surface area contributed by atoms with Gasteiger partial charge in [0.1, 0.15) is 11.8 Å². The molecule has 2 heteroatoms. The summed E-state index contributed by atoms with van der Waals surface area (Å²) >= 11 is 0. The smallest absolute Gasteiger partial charge is 0.143 e. The molecule has 3 aromatic rings. The second-order valence-corrected chi connectivity index (χ2v) is 4.89. The van der Waals surface area contributed by atoms with Crippen LogP contribution in [0.1, 0.15) is 11.3 Å². The van der Waals surface area contributed by atoms with E-state index in [1.54, 1.807) is 6.20 Å². The van der Waals surface area contributed by atoms with Gasteiger partial charge in [0.15, 0.2) is 0 Å². The first-order valence-electron chi connectivity index (χ1n) is 6.81. The maximum atomic E-state index is 9.11. The largest absolute Gasteiger partial charge is 0.245 e. The molecule has 0 bridgehead atoms. The standard InChI is InChI=1S/C19H14N2/c1-14-18(10-11-21-19(14)13-20)17-9-5-8-16(12-17)15-6-3-2-4-7-15/h2-12H,1H3. The lowest BCUT2D eigenvalue weighted by atomic mass is 9.96. The molecule has 0 aliphatic carbocycles. The molecule has 0 fully saturated rings. The van der Waals surface area contributed by atoms with Gasteiger partial charge in [0.25, 0.3) is 0 Å². The Hall–Kier alpha value is -2.92. The van der Waals surface area contributed by atoms with Gasteiger partial charge in [0, 0.05) is 6.20 Å². The number of nitriles is 1.